The first-order valence-electron chi connectivity index (χ1n) is 7.16. The van der Waals surface area contributed by atoms with Gasteiger partial charge in [-0.25, -0.2) is 0 Å². The lowest BCUT2D eigenvalue weighted by atomic mass is 9.79. The fourth-order valence-corrected chi connectivity index (χ4v) is 3.61. The van der Waals surface area contributed by atoms with Crippen LogP contribution in [0.15, 0.2) is 23.0 Å². The van der Waals surface area contributed by atoms with Crippen molar-refractivity contribution in [2.75, 3.05) is 26.2 Å². The van der Waals surface area contributed by atoms with Crippen LogP contribution in [0.25, 0.3) is 0 Å². The van der Waals surface area contributed by atoms with Gasteiger partial charge in [-0.1, -0.05) is 0 Å². The van der Waals surface area contributed by atoms with E-state index in [4.69, 9.17) is 4.42 Å². The standard InChI is InChI=1S/C15H22N2O2/c1-13(18)17-6-2-4-15(12-17)5-7-16(11-15)9-14-3-8-19-10-14/h3,8,10H,2,4-7,9,11-12H2,1H3/t15-/m0/s1. The van der Waals surface area contributed by atoms with Gasteiger partial charge >= 0.3 is 0 Å². The molecule has 2 fully saturated rings. The Labute approximate surface area is 114 Å². The maximum absolute atomic E-state index is 11.6. The predicted octanol–water partition coefficient (Wildman–Crippen LogP) is 2.11. The summed E-state index contributed by atoms with van der Waals surface area (Å²) in [6, 6.07) is 2.04. The summed E-state index contributed by atoms with van der Waals surface area (Å²) in [5.41, 5.74) is 1.59. The average Bonchev–Trinajstić information content (AvgIpc) is 3.01. The third-order valence-corrected chi connectivity index (χ3v) is 4.61. The van der Waals surface area contributed by atoms with Crippen LogP contribution in [-0.4, -0.2) is 41.9 Å². The number of nitrogens with zero attached hydrogens (tertiary/aromatic N) is 2. The highest BCUT2D eigenvalue weighted by Crippen LogP contribution is 2.39. The van der Waals surface area contributed by atoms with Crippen molar-refractivity contribution in [2.45, 2.75) is 32.7 Å². The fourth-order valence-electron chi connectivity index (χ4n) is 3.61. The monoisotopic (exact) mass is 262 g/mol. The summed E-state index contributed by atoms with van der Waals surface area (Å²) in [7, 11) is 0. The van der Waals surface area contributed by atoms with E-state index in [1.54, 1.807) is 13.2 Å². The molecular formula is C15H22N2O2. The molecule has 4 nitrogen and oxygen atoms in total. The summed E-state index contributed by atoms with van der Waals surface area (Å²) in [6.45, 7) is 6.80. The second kappa shape index (κ2) is 5.00. The molecule has 104 valence electrons. The van der Waals surface area contributed by atoms with Crippen molar-refractivity contribution in [1.82, 2.24) is 9.80 Å². The van der Waals surface area contributed by atoms with Gasteiger partial charge in [0, 0.05) is 44.1 Å². The molecule has 2 saturated heterocycles. The Morgan fingerprint density at radius 1 is 1.37 bits per heavy atom. The van der Waals surface area contributed by atoms with Gasteiger partial charge < -0.3 is 9.32 Å². The van der Waals surface area contributed by atoms with Crippen molar-refractivity contribution in [3.63, 3.8) is 0 Å². The number of piperidine rings is 1. The summed E-state index contributed by atoms with van der Waals surface area (Å²) < 4.78 is 5.13. The quantitative estimate of drug-likeness (QED) is 0.819. The molecule has 0 N–H and O–H groups in total. The molecule has 1 spiro atoms. The molecule has 1 atom stereocenters. The summed E-state index contributed by atoms with van der Waals surface area (Å²) in [4.78, 5) is 16.1. The number of carbonyl (C=O) groups is 1. The van der Waals surface area contributed by atoms with Crippen molar-refractivity contribution >= 4 is 5.91 Å². The maximum Gasteiger partial charge on any atom is 0.219 e. The zero-order valence-corrected chi connectivity index (χ0v) is 11.6. The third kappa shape index (κ3) is 2.68. The van der Waals surface area contributed by atoms with Gasteiger partial charge in [0.1, 0.15) is 0 Å². The number of carbonyl (C=O) groups excluding carboxylic acids is 1. The van der Waals surface area contributed by atoms with Gasteiger partial charge in [-0.3, -0.25) is 9.69 Å². The molecule has 0 saturated carbocycles. The molecule has 4 heteroatoms. The minimum Gasteiger partial charge on any atom is -0.472 e. The number of hydrogen-bond donors (Lipinski definition) is 0. The van der Waals surface area contributed by atoms with Gasteiger partial charge in [-0.2, -0.15) is 0 Å². The molecular weight excluding hydrogens is 240 g/mol. The lowest BCUT2D eigenvalue weighted by molar-refractivity contribution is -0.132. The minimum atomic E-state index is 0.229. The van der Waals surface area contributed by atoms with Crippen molar-refractivity contribution < 1.29 is 9.21 Å². The molecule has 2 aliphatic rings. The van der Waals surface area contributed by atoms with Crippen LogP contribution in [0.5, 0.6) is 0 Å². The maximum atomic E-state index is 11.6. The molecule has 3 rings (SSSR count). The first-order chi connectivity index (χ1) is 9.17. The van der Waals surface area contributed by atoms with Gasteiger partial charge in [0.15, 0.2) is 0 Å². The first kappa shape index (κ1) is 12.7. The van der Waals surface area contributed by atoms with Crippen molar-refractivity contribution in [2.24, 2.45) is 5.41 Å². The largest absolute Gasteiger partial charge is 0.472 e. The van der Waals surface area contributed by atoms with Crippen molar-refractivity contribution in [1.29, 1.82) is 0 Å². The Hall–Kier alpha value is -1.29. The molecule has 1 aromatic heterocycles. The normalized spacial score (nSPS) is 28.2. The molecule has 2 aliphatic heterocycles. The third-order valence-electron chi connectivity index (χ3n) is 4.61. The molecule has 0 radical (unpaired) electrons. The number of amides is 1. The van der Waals surface area contributed by atoms with Gasteiger partial charge in [-0.15, -0.1) is 0 Å². The van der Waals surface area contributed by atoms with E-state index in [-0.39, 0.29) is 5.91 Å². The van der Waals surface area contributed by atoms with E-state index in [9.17, 15) is 4.79 Å². The fraction of sp³-hybridized carbons (Fsp3) is 0.667. The molecule has 19 heavy (non-hydrogen) atoms. The summed E-state index contributed by atoms with van der Waals surface area (Å²) in [6.07, 6.45) is 7.19. The number of furan rings is 1. The van der Waals surface area contributed by atoms with E-state index in [2.05, 4.69) is 4.90 Å². The molecule has 1 amide bonds. The van der Waals surface area contributed by atoms with E-state index in [1.165, 1.54) is 18.4 Å². The smallest absolute Gasteiger partial charge is 0.219 e. The molecule has 0 aromatic carbocycles. The van der Waals surface area contributed by atoms with Crippen LogP contribution in [0.3, 0.4) is 0 Å². The minimum absolute atomic E-state index is 0.229. The van der Waals surface area contributed by atoms with Gasteiger partial charge in [-0.05, 0) is 31.9 Å². The second-order valence-electron chi connectivity index (χ2n) is 6.14. The van der Waals surface area contributed by atoms with Crippen LogP contribution in [0.4, 0.5) is 0 Å². The SMILES string of the molecule is CC(=O)N1CCC[C@@]2(CCN(Cc3ccoc3)C2)C1. The Kier molecular flexibility index (Phi) is 3.35. The number of rotatable bonds is 2. The Morgan fingerprint density at radius 3 is 3.00 bits per heavy atom. The van der Waals surface area contributed by atoms with E-state index in [1.807, 2.05) is 17.2 Å². The molecule has 3 heterocycles. The molecule has 0 aliphatic carbocycles. The zero-order valence-electron chi connectivity index (χ0n) is 11.6. The highest BCUT2D eigenvalue weighted by atomic mass is 16.3. The summed E-state index contributed by atoms with van der Waals surface area (Å²) >= 11 is 0. The highest BCUT2D eigenvalue weighted by Gasteiger charge is 2.41. The van der Waals surface area contributed by atoms with Crippen LogP contribution in [0, 0.1) is 5.41 Å². The van der Waals surface area contributed by atoms with E-state index in [0.717, 1.165) is 39.1 Å². The number of hydrogen-bond acceptors (Lipinski definition) is 3. The van der Waals surface area contributed by atoms with E-state index >= 15 is 0 Å². The van der Waals surface area contributed by atoms with Crippen molar-refractivity contribution in [3.05, 3.63) is 24.2 Å². The second-order valence-corrected chi connectivity index (χ2v) is 6.14. The molecule has 0 unspecified atom stereocenters. The predicted molar refractivity (Wildman–Crippen MR) is 72.5 cm³/mol. The van der Waals surface area contributed by atoms with E-state index < -0.39 is 0 Å². The Morgan fingerprint density at radius 2 is 2.26 bits per heavy atom. The lowest BCUT2D eigenvalue weighted by Crippen LogP contribution is -2.46. The van der Waals surface area contributed by atoms with Crippen molar-refractivity contribution in [3.8, 4) is 0 Å². The summed E-state index contributed by atoms with van der Waals surface area (Å²) in [5.74, 6) is 0.229. The number of likely N-dealkylation sites (tertiary alicyclic amines) is 2. The first-order valence-corrected chi connectivity index (χ1v) is 7.16. The average molecular weight is 262 g/mol. The van der Waals surface area contributed by atoms with Gasteiger partial charge in [0.05, 0.1) is 12.5 Å². The van der Waals surface area contributed by atoms with Gasteiger partial charge in [0.25, 0.3) is 0 Å². The van der Waals surface area contributed by atoms with Crippen LogP contribution >= 0.6 is 0 Å². The van der Waals surface area contributed by atoms with Crippen LogP contribution in [0.1, 0.15) is 31.7 Å². The Balaban J connectivity index is 1.62. The Bertz CT molecular complexity index is 443. The highest BCUT2D eigenvalue weighted by molar-refractivity contribution is 5.73. The topological polar surface area (TPSA) is 36.7 Å². The summed E-state index contributed by atoms with van der Waals surface area (Å²) in [5, 5.41) is 0. The van der Waals surface area contributed by atoms with Gasteiger partial charge in [0.2, 0.25) is 5.91 Å². The van der Waals surface area contributed by atoms with Crippen LogP contribution < -0.4 is 0 Å². The van der Waals surface area contributed by atoms with Crippen LogP contribution in [0.2, 0.25) is 0 Å². The molecule has 1 aromatic rings. The zero-order chi connectivity index (χ0) is 13.3. The van der Waals surface area contributed by atoms with E-state index in [0.29, 0.717) is 5.41 Å². The lowest BCUT2D eigenvalue weighted by Gasteiger charge is -2.40. The van der Waals surface area contributed by atoms with Crippen LogP contribution in [-0.2, 0) is 11.3 Å². The molecule has 0 bridgehead atoms.